The topological polar surface area (TPSA) is 75.7 Å². The van der Waals surface area contributed by atoms with Crippen molar-refractivity contribution in [3.63, 3.8) is 0 Å². The van der Waals surface area contributed by atoms with Gasteiger partial charge in [0.1, 0.15) is 4.32 Å². The molecular weight excluding hydrogens is 372 g/mol. The van der Waals surface area contributed by atoms with Gasteiger partial charge in [0.15, 0.2) is 0 Å². The highest BCUT2D eigenvalue weighted by Gasteiger charge is 2.32. The second-order valence-corrected chi connectivity index (χ2v) is 7.92. The summed E-state index contributed by atoms with van der Waals surface area (Å²) >= 11 is 6.62. The average Bonchev–Trinajstić information content (AvgIpc) is 2.87. The molecule has 1 aliphatic heterocycles. The lowest BCUT2D eigenvalue weighted by Crippen LogP contribution is -2.31. The predicted octanol–water partition coefficient (Wildman–Crippen LogP) is 3.22. The number of carbonyl (C=O) groups excluding carboxylic acids is 3. The standard InChI is InChI=1S/C18H22N2O4S2/c1-12-16(22)20(18(25)26-12)11-5-3-4-6-15(21)19-14-9-7-13(8-10-14)17(23)24-2/h7-10,12H,3-6,11H2,1-2H3,(H,19,21). The maximum absolute atomic E-state index is 12.0. The molecule has 1 heterocycles. The molecule has 0 aromatic heterocycles. The molecule has 140 valence electrons. The van der Waals surface area contributed by atoms with Gasteiger partial charge in [-0.1, -0.05) is 30.4 Å². The largest absolute Gasteiger partial charge is 0.465 e. The van der Waals surface area contributed by atoms with Crippen LogP contribution in [-0.2, 0) is 14.3 Å². The number of hydrogen-bond acceptors (Lipinski definition) is 6. The van der Waals surface area contributed by atoms with Crippen LogP contribution in [0.5, 0.6) is 0 Å². The summed E-state index contributed by atoms with van der Waals surface area (Å²) in [7, 11) is 1.32. The summed E-state index contributed by atoms with van der Waals surface area (Å²) in [4.78, 5) is 36.9. The first-order valence-corrected chi connectivity index (χ1v) is 9.71. The first kappa shape index (κ1) is 20.4. The van der Waals surface area contributed by atoms with Crippen molar-refractivity contribution in [2.75, 3.05) is 19.0 Å². The van der Waals surface area contributed by atoms with Crippen LogP contribution in [-0.4, -0.2) is 45.9 Å². The van der Waals surface area contributed by atoms with Crippen molar-refractivity contribution >= 4 is 51.8 Å². The molecule has 1 aromatic rings. The van der Waals surface area contributed by atoms with Gasteiger partial charge in [0.25, 0.3) is 0 Å². The van der Waals surface area contributed by atoms with E-state index in [-0.39, 0.29) is 17.1 Å². The van der Waals surface area contributed by atoms with Gasteiger partial charge in [-0.15, -0.1) is 0 Å². The Morgan fingerprint density at radius 3 is 2.50 bits per heavy atom. The SMILES string of the molecule is COC(=O)c1ccc(NC(=O)CCCCCN2C(=O)C(C)SC2=S)cc1. The lowest BCUT2D eigenvalue weighted by atomic mass is 10.1. The van der Waals surface area contributed by atoms with Crippen molar-refractivity contribution in [3.8, 4) is 0 Å². The zero-order valence-corrected chi connectivity index (χ0v) is 16.5. The lowest BCUT2D eigenvalue weighted by Gasteiger charge is -2.14. The second-order valence-electron chi connectivity index (χ2n) is 5.94. The number of unbranched alkanes of at least 4 members (excludes halogenated alkanes) is 2. The van der Waals surface area contributed by atoms with E-state index in [1.54, 1.807) is 29.2 Å². The number of hydrogen-bond donors (Lipinski definition) is 1. The van der Waals surface area contributed by atoms with Crippen LogP contribution in [0.25, 0.3) is 0 Å². The molecule has 0 radical (unpaired) electrons. The Morgan fingerprint density at radius 1 is 1.23 bits per heavy atom. The number of thiocarbonyl (C=S) groups is 1. The zero-order chi connectivity index (χ0) is 19.1. The molecule has 1 fully saturated rings. The van der Waals surface area contributed by atoms with E-state index < -0.39 is 5.97 Å². The fraction of sp³-hybridized carbons (Fsp3) is 0.444. The molecule has 8 heteroatoms. The van der Waals surface area contributed by atoms with E-state index >= 15 is 0 Å². The second kappa shape index (κ2) is 9.68. The molecule has 1 saturated heterocycles. The van der Waals surface area contributed by atoms with Crippen LogP contribution in [0.2, 0.25) is 0 Å². The van der Waals surface area contributed by atoms with Crippen LogP contribution < -0.4 is 5.32 Å². The van der Waals surface area contributed by atoms with E-state index in [1.807, 2.05) is 6.92 Å². The summed E-state index contributed by atoms with van der Waals surface area (Å²) < 4.78 is 5.28. The van der Waals surface area contributed by atoms with Crippen LogP contribution in [0, 0.1) is 0 Å². The molecule has 1 aromatic carbocycles. The van der Waals surface area contributed by atoms with Gasteiger partial charge in [-0.2, -0.15) is 0 Å². The highest BCUT2D eigenvalue weighted by atomic mass is 32.2. The Morgan fingerprint density at radius 2 is 1.92 bits per heavy atom. The molecule has 0 aliphatic carbocycles. The number of thioether (sulfide) groups is 1. The highest BCUT2D eigenvalue weighted by molar-refractivity contribution is 8.24. The molecule has 0 saturated carbocycles. The normalized spacial score (nSPS) is 16.7. The minimum atomic E-state index is -0.411. The molecule has 2 rings (SSSR count). The number of ether oxygens (including phenoxy) is 1. The number of methoxy groups -OCH3 is 1. The third-order valence-corrected chi connectivity index (χ3v) is 5.47. The molecular formula is C18H22N2O4S2. The summed E-state index contributed by atoms with van der Waals surface area (Å²) in [6.07, 6.45) is 2.81. The summed E-state index contributed by atoms with van der Waals surface area (Å²) in [6, 6.07) is 6.55. The van der Waals surface area contributed by atoms with Gasteiger partial charge in [0.05, 0.1) is 17.9 Å². The molecule has 1 aliphatic rings. The van der Waals surface area contributed by atoms with E-state index in [9.17, 15) is 14.4 Å². The fourth-order valence-corrected chi connectivity index (χ4v) is 3.99. The number of amides is 2. The Labute approximate surface area is 162 Å². The first-order valence-electron chi connectivity index (χ1n) is 8.42. The van der Waals surface area contributed by atoms with E-state index in [2.05, 4.69) is 10.1 Å². The van der Waals surface area contributed by atoms with Crippen molar-refractivity contribution in [1.82, 2.24) is 4.90 Å². The van der Waals surface area contributed by atoms with E-state index in [4.69, 9.17) is 12.2 Å². The molecule has 0 bridgehead atoms. The molecule has 6 nitrogen and oxygen atoms in total. The number of rotatable bonds is 8. The van der Waals surface area contributed by atoms with Crippen LogP contribution in [0.15, 0.2) is 24.3 Å². The van der Waals surface area contributed by atoms with Crippen LogP contribution in [0.1, 0.15) is 43.0 Å². The smallest absolute Gasteiger partial charge is 0.337 e. The van der Waals surface area contributed by atoms with Gasteiger partial charge in [-0.05, 0) is 44.0 Å². The lowest BCUT2D eigenvalue weighted by molar-refractivity contribution is -0.125. The van der Waals surface area contributed by atoms with Gasteiger partial charge in [-0.3, -0.25) is 14.5 Å². The molecule has 1 atom stereocenters. The number of nitrogens with zero attached hydrogens (tertiary/aromatic N) is 1. The first-order chi connectivity index (χ1) is 12.4. The maximum atomic E-state index is 12.0. The summed E-state index contributed by atoms with van der Waals surface area (Å²) in [5.74, 6) is -0.410. The number of benzene rings is 1. The van der Waals surface area contributed by atoms with Crippen molar-refractivity contribution < 1.29 is 19.1 Å². The van der Waals surface area contributed by atoms with Gasteiger partial charge in [0, 0.05) is 18.7 Å². The summed E-state index contributed by atoms with van der Waals surface area (Å²) in [5, 5.41) is 2.71. The van der Waals surface area contributed by atoms with Crippen molar-refractivity contribution in [2.24, 2.45) is 0 Å². The Bertz CT molecular complexity index is 691. The number of esters is 1. The number of nitrogens with one attached hydrogen (secondary N) is 1. The Kier molecular flexibility index (Phi) is 7.59. The van der Waals surface area contributed by atoms with E-state index in [0.29, 0.717) is 28.5 Å². The van der Waals surface area contributed by atoms with Crippen LogP contribution in [0.3, 0.4) is 0 Å². The summed E-state index contributed by atoms with van der Waals surface area (Å²) in [5.41, 5.74) is 1.08. The van der Waals surface area contributed by atoms with Crippen molar-refractivity contribution in [2.45, 2.75) is 37.9 Å². The Hall–Kier alpha value is -1.93. The zero-order valence-electron chi connectivity index (χ0n) is 14.8. The van der Waals surface area contributed by atoms with E-state index in [1.165, 1.54) is 18.9 Å². The van der Waals surface area contributed by atoms with E-state index in [0.717, 1.165) is 19.3 Å². The molecule has 0 spiro atoms. The molecule has 1 unspecified atom stereocenters. The van der Waals surface area contributed by atoms with Gasteiger partial charge >= 0.3 is 5.97 Å². The quantitative estimate of drug-likeness (QED) is 0.414. The van der Waals surface area contributed by atoms with Crippen LogP contribution >= 0.6 is 24.0 Å². The molecule has 26 heavy (non-hydrogen) atoms. The maximum Gasteiger partial charge on any atom is 0.337 e. The fourth-order valence-electron chi connectivity index (χ4n) is 2.54. The minimum absolute atomic E-state index is 0.0761. The summed E-state index contributed by atoms with van der Waals surface area (Å²) in [6.45, 7) is 2.48. The highest BCUT2D eigenvalue weighted by Crippen LogP contribution is 2.27. The number of anilines is 1. The third-order valence-electron chi connectivity index (χ3n) is 3.99. The van der Waals surface area contributed by atoms with Crippen molar-refractivity contribution in [3.05, 3.63) is 29.8 Å². The van der Waals surface area contributed by atoms with Crippen molar-refractivity contribution in [1.29, 1.82) is 0 Å². The predicted molar refractivity (Wildman–Crippen MR) is 106 cm³/mol. The third kappa shape index (κ3) is 5.54. The van der Waals surface area contributed by atoms with Crippen LogP contribution in [0.4, 0.5) is 5.69 Å². The Balaban J connectivity index is 1.65. The average molecular weight is 395 g/mol. The minimum Gasteiger partial charge on any atom is -0.465 e. The van der Waals surface area contributed by atoms with Gasteiger partial charge in [-0.25, -0.2) is 4.79 Å². The van der Waals surface area contributed by atoms with Gasteiger partial charge < -0.3 is 10.1 Å². The van der Waals surface area contributed by atoms with Gasteiger partial charge in [0.2, 0.25) is 11.8 Å². The number of carbonyl (C=O) groups is 3. The molecule has 1 N–H and O–H groups in total. The monoisotopic (exact) mass is 394 g/mol. The molecule has 2 amide bonds.